The number of likely N-dealkylation sites (N-methyl/N-ethyl adjacent to an activating group) is 2. The molecule has 0 aliphatic carbocycles. The van der Waals surface area contributed by atoms with Crippen LogP contribution in [-0.2, 0) is 33.2 Å². The predicted molar refractivity (Wildman–Crippen MR) is 190 cm³/mol. The predicted octanol–water partition coefficient (Wildman–Crippen LogP) is 1.56. The fraction of sp³-hybridized carbons (Fsp3) is 0.973. The molecule has 300 valence electrons. The molecule has 1 unspecified atom stereocenters. The van der Waals surface area contributed by atoms with Gasteiger partial charge in [0.1, 0.15) is 30.0 Å². The summed E-state index contributed by atoms with van der Waals surface area (Å²) >= 11 is 0. The van der Waals surface area contributed by atoms with Crippen LogP contribution in [0.2, 0.25) is 0 Å². The summed E-state index contributed by atoms with van der Waals surface area (Å²) in [6, 6.07) is -0.858. The maximum absolute atomic E-state index is 14.2. The third kappa shape index (κ3) is 10.0. The lowest BCUT2D eigenvalue weighted by molar-refractivity contribution is -0.316. The van der Waals surface area contributed by atoms with E-state index in [4.69, 9.17) is 28.4 Å². The van der Waals surface area contributed by atoms with Gasteiger partial charge < -0.3 is 64.2 Å². The topological polar surface area (TPSA) is 189 Å². The van der Waals surface area contributed by atoms with Gasteiger partial charge in [-0.3, -0.25) is 4.79 Å². The molecule has 14 nitrogen and oxygen atoms in total. The molecule has 0 spiro atoms. The Morgan fingerprint density at radius 1 is 0.961 bits per heavy atom. The third-order valence-electron chi connectivity index (χ3n) is 11.9. The Kier molecular flexibility index (Phi) is 15.3. The first-order chi connectivity index (χ1) is 23.5. The Labute approximate surface area is 305 Å². The summed E-state index contributed by atoms with van der Waals surface area (Å²) in [6.45, 7) is 18.0. The first-order valence-electron chi connectivity index (χ1n) is 18.8. The number of carbonyl (C=O) groups excluding carboxylic acids is 1. The molecule has 3 heterocycles. The van der Waals surface area contributed by atoms with Gasteiger partial charge in [0.05, 0.1) is 41.5 Å². The Bertz CT molecular complexity index is 1110. The smallest absolute Gasteiger partial charge is 0.311 e. The van der Waals surface area contributed by atoms with Gasteiger partial charge in [0.2, 0.25) is 0 Å². The van der Waals surface area contributed by atoms with Crippen molar-refractivity contribution in [1.82, 2.24) is 10.2 Å². The average molecular weight is 735 g/mol. The summed E-state index contributed by atoms with van der Waals surface area (Å²) in [5.74, 6) is -2.59. The number of aliphatic hydroxyl groups is 5. The number of methoxy groups -OCH3 is 1. The third-order valence-corrected chi connectivity index (χ3v) is 11.9. The summed E-state index contributed by atoms with van der Waals surface area (Å²) in [5.41, 5.74) is -4.37. The number of carbonyl (C=O) groups is 1. The van der Waals surface area contributed by atoms with Gasteiger partial charge >= 0.3 is 5.97 Å². The van der Waals surface area contributed by atoms with Crippen LogP contribution in [0.3, 0.4) is 0 Å². The van der Waals surface area contributed by atoms with Gasteiger partial charge in [0, 0.05) is 38.1 Å². The Hall–Kier alpha value is -1.01. The summed E-state index contributed by atoms with van der Waals surface area (Å²) in [6.07, 6.45) is -8.24. The number of esters is 1. The minimum Gasteiger partial charge on any atom is -0.459 e. The highest BCUT2D eigenvalue weighted by molar-refractivity contribution is 5.73. The molecule has 14 heteroatoms. The zero-order valence-electron chi connectivity index (χ0n) is 33.2. The number of rotatable bonds is 7. The van der Waals surface area contributed by atoms with Gasteiger partial charge in [-0.2, -0.15) is 0 Å². The quantitative estimate of drug-likeness (QED) is 0.207. The molecule has 0 aromatic rings. The van der Waals surface area contributed by atoms with Crippen LogP contribution in [0, 0.1) is 17.8 Å². The average Bonchev–Trinajstić information content (AvgIpc) is 3.05. The van der Waals surface area contributed by atoms with Crippen LogP contribution in [0.15, 0.2) is 0 Å². The van der Waals surface area contributed by atoms with Crippen molar-refractivity contribution in [3.63, 3.8) is 0 Å². The van der Waals surface area contributed by atoms with Crippen LogP contribution in [0.4, 0.5) is 0 Å². The molecule has 3 aliphatic rings. The van der Waals surface area contributed by atoms with E-state index < -0.39 is 96.0 Å². The minimum atomic E-state index is -1.80. The largest absolute Gasteiger partial charge is 0.459 e. The molecule has 6 N–H and O–H groups in total. The number of hydrogen-bond acceptors (Lipinski definition) is 14. The second kappa shape index (κ2) is 17.6. The van der Waals surface area contributed by atoms with Gasteiger partial charge in [0.25, 0.3) is 0 Å². The lowest BCUT2D eigenvalue weighted by Gasteiger charge is -2.48. The summed E-state index contributed by atoms with van der Waals surface area (Å²) in [5, 5.41) is 61.0. The molecule has 18 atom stereocenters. The molecule has 0 amide bonds. The van der Waals surface area contributed by atoms with Crippen LogP contribution >= 0.6 is 0 Å². The number of nitrogens with zero attached hydrogens (tertiary/aromatic N) is 1. The number of aliphatic hydroxyl groups excluding tert-OH is 3. The first-order valence-corrected chi connectivity index (χ1v) is 18.8. The van der Waals surface area contributed by atoms with E-state index in [0.717, 1.165) is 0 Å². The van der Waals surface area contributed by atoms with Crippen molar-refractivity contribution in [3.8, 4) is 0 Å². The van der Waals surface area contributed by atoms with Crippen molar-refractivity contribution in [2.45, 2.75) is 185 Å². The van der Waals surface area contributed by atoms with Crippen molar-refractivity contribution in [3.05, 3.63) is 0 Å². The highest BCUT2D eigenvalue weighted by Gasteiger charge is 2.52. The number of nitrogens with one attached hydrogen (secondary N) is 1. The summed E-state index contributed by atoms with van der Waals surface area (Å²) < 4.78 is 37.3. The van der Waals surface area contributed by atoms with Crippen molar-refractivity contribution >= 4 is 5.97 Å². The molecule has 3 fully saturated rings. The zero-order valence-corrected chi connectivity index (χ0v) is 33.2. The van der Waals surface area contributed by atoms with E-state index >= 15 is 0 Å². The van der Waals surface area contributed by atoms with Gasteiger partial charge in [0.15, 0.2) is 12.6 Å². The molecule has 3 rings (SSSR count). The van der Waals surface area contributed by atoms with Crippen molar-refractivity contribution in [1.29, 1.82) is 0 Å². The number of cyclic esters (lactones) is 1. The molecule has 3 saturated heterocycles. The van der Waals surface area contributed by atoms with Crippen LogP contribution in [-0.4, -0.2) is 154 Å². The van der Waals surface area contributed by atoms with Gasteiger partial charge in [-0.15, -0.1) is 0 Å². The van der Waals surface area contributed by atoms with E-state index in [9.17, 15) is 30.3 Å². The van der Waals surface area contributed by atoms with E-state index in [1.165, 1.54) is 14.0 Å². The highest BCUT2D eigenvalue weighted by atomic mass is 16.7. The Balaban J connectivity index is 2.16. The molecule has 51 heavy (non-hydrogen) atoms. The van der Waals surface area contributed by atoms with Crippen molar-refractivity contribution in [2.75, 3.05) is 27.7 Å². The zero-order chi connectivity index (χ0) is 38.8. The molecular weight excluding hydrogens is 664 g/mol. The number of hydrogen-bond donors (Lipinski definition) is 6. The van der Waals surface area contributed by atoms with Crippen LogP contribution in [0.25, 0.3) is 0 Å². The molecule has 0 aromatic heterocycles. The van der Waals surface area contributed by atoms with Crippen LogP contribution in [0.5, 0.6) is 0 Å². The SMILES string of the molecule is CC[C@H]1OC(=O)[C@H](C)[C@@H](O[C@H]2C[C@@](C)(OC)C(O)[C@H](C)O2)[C@H](C)[C@@H](O[C@@H]2O[C@H](C)C[C@H](NC)[C@H]2O)[C@](C)(O)C[C@@H](C)CN(C)[C@H](C)[C@@H](O)[C@]1(C)O. The Morgan fingerprint density at radius 2 is 1.59 bits per heavy atom. The molecule has 0 radical (unpaired) electrons. The van der Waals surface area contributed by atoms with Crippen molar-refractivity contribution in [2.24, 2.45) is 17.8 Å². The van der Waals surface area contributed by atoms with E-state index in [1.807, 2.05) is 32.7 Å². The van der Waals surface area contributed by atoms with Gasteiger partial charge in [-0.1, -0.05) is 20.8 Å². The normalized spacial score (nSPS) is 50.2. The number of ether oxygens (including phenoxy) is 6. The second-order valence-corrected chi connectivity index (χ2v) is 16.5. The Morgan fingerprint density at radius 3 is 2.16 bits per heavy atom. The fourth-order valence-electron chi connectivity index (χ4n) is 8.53. The second-order valence-electron chi connectivity index (χ2n) is 16.5. The van der Waals surface area contributed by atoms with E-state index in [0.29, 0.717) is 13.0 Å². The van der Waals surface area contributed by atoms with Gasteiger partial charge in [-0.25, -0.2) is 0 Å². The molecule has 3 aliphatic heterocycles. The minimum absolute atomic E-state index is 0.132. The standard InChI is InChI=1S/C37H70N2O12/c1-14-26-37(10,45)30(41)23(6)39(12)18-19(2)16-35(8,44)32(51-34-28(40)25(38-11)15-20(3)47-34)21(4)29(22(5)33(43)49-26)50-27-17-36(9,46-13)31(42)24(7)48-27/h19-32,34,38,40-42,44-45H,14-18H2,1-13H3/t19-,20-,21+,22-,23-,24+,25+,26-,27+,28-,29+,30-,31?,32-,34+,35-,36-,37-/m1/s1. The van der Waals surface area contributed by atoms with Crippen molar-refractivity contribution < 1.29 is 58.7 Å². The van der Waals surface area contributed by atoms with Gasteiger partial charge in [-0.05, 0) is 87.7 Å². The first kappa shape index (κ1) is 44.4. The molecule has 0 bridgehead atoms. The molecule has 0 saturated carbocycles. The highest BCUT2D eigenvalue weighted by Crippen LogP contribution is 2.40. The lowest BCUT2D eigenvalue weighted by atomic mass is 9.77. The van der Waals surface area contributed by atoms with Crippen LogP contribution in [0.1, 0.15) is 94.9 Å². The van der Waals surface area contributed by atoms with Crippen LogP contribution < -0.4 is 5.32 Å². The van der Waals surface area contributed by atoms with E-state index in [1.54, 1.807) is 48.6 Å². The molecule has 0 aromatic carbocycles. The maximum Gasteiger partial charge on any atom is 0.311 e. The molecular formula is C37H70N2O12. The fourth-order valence-corrected chi connectivity index (χ4v) is 8.53. The summed E-state index contributed by atoms with van der Waals surface area (Å²) in [7, 11) is 5.10. The maximum atomic E-state index is 14.2. The lowest BCUT2D eigenvalue weighted by Crippen LogP contribution is -2.60. The van der Waals surface area contributed by atoms with E-state index in [-0.39, 0.29) is 37.3 Å². The monoisotopic (exact) mass is 734 g/mol. The van der Waals surface area contributed by atoms with E-state index in [2.05, 4.69) is 5.32 Å². The summed E-state index contributed by atoms with van der Waals surface area (Å²) in [4.78, 5) is 16.1.